The van der Waals surface area contributed by atoms with E-state index in [-0.39, 0.29) is 12.1 Å². The predicted octanol–water partition coefficient (Wildman–Crippen LogP) is 2.35. The third-order valence-corrected chi connectivity index (χ3v) is 4.47. The Kier molecular flexibility index (Phi) is 4.43. The molecule has 2 rings (SSSR count). The van der Waals surface area contributed by atoms with Crippen molar-refractivity contribution in [1.82, 2.24) is 5.32 Å². The monoisotopic (exact) mass is 239 g/mol. The summed E-state index contributed by atoms with van der Waals surface area (Å²) in [5.41, 5.74) is 0. The molecule has 3 nitrogen and oxygen atoms in total. The van der Waals surface area contributed by atoms with Crippen LogP contribution in [0, 0.1) is 17.8 Å². The van der Waals surface area contributed by atoms with Crippen LogP contribution in [0.5, 0.6) is 0 Å². The normalized spacial score (nSPS) is 38.0. The van der Waals surface area contributed by atoms with Gasteiger partial charge >= 0.3 is 5.97 Å². The molecule has 1 aliphatic carbocycles. The van der Waals surface area contributed by atoms with Gasteiger partial charge in [0.25, 0.3) is 0 Å². The fourth-order valence-corrected chi connectivity index (χ4v) is 2.96. The first kappa shape index (κ1) is 12.9. The van der Waals surface area contributed by atoms with Gasteiger partial charge < -0.3 is 10.1 Å². The number of hydrogen-bond donors (Lipinski definition) is 1. The third-order valence-electron chi connectivity index (χ3n) is 4.47. The van der Waals surface area contributed by atoms with E-state index in [9.17, 15) is 4.79 Å². The topological polar surface area (TPSA) is 38.3 Å². The van der Waals surface area contributed by atoms with Gasteiger partial charge in [0.2, 0.25) is 0 Å². The van der Waals surface area contributed by atoms with Gasteiger partial charge in [-0.2, -0.15) is 0 Å². The predicted molar refractivity (Wildman–Crippen MR) is 67.7 cm³/mol. The van der Waals surface area contributed by atoms with E-state index in [1.165, 1.54) is 6.42 Å². The van der Waals surface area contributed by atoms with Gasteiger partial charge in [0.1, 0.15) is 6.10 Å². The Bertz CT molecular complexity index is 261. The fraction of sp³-hybridized carbons (Fsp3) is 0.929. The minimum atomic E-state index is 0.0189. The quantitative estimate of drug-likeness (QED) is 0.768. The molecular weight excluding hydrogens is 214 g/mol. The molecule has 0 bridgehead atoms. The van der Waals surface area contributed by atoms with E-state index < -0.39 is 0 Å². The minimum absolute atomic E-state index is 0.0189. The van der Waals surface area contributed by atoms with Crippen molar-refractivity contribution in [3.8, 4) is 0 Å². The summed E-state index contributed by atoms with van der Waals surface area (Å²) >= 11 is 0. The lowest BCUT2D eigenvalue weighted by Gasteiger charge is -2.31. The summed E-state index contributed by atoms with van der Waals surface area (Å²) in [4.78, 5) is 11.8. The highest BCUT2D eigenvalue weighted by atomic mass is 16.5. The first-order chi connectivity index (χ1) is 8.15. The molecule has 0 radical (unpaired) electrons. The molecule has 0 aromatic rings. The number of ether oxygens (including phenoxy) is 1. The van der Waals surface area contributed by atoms with E-state index >= 15 is 0 Å². The first-order valence-corrected chi connectivity index (χ1v) is 7.05. The zero-order chi connectivity index (χ0) is 12.3. The van der Waals surface area contributed by atoms with Gasteiger partial charge in [-0.1, -0.05) is 13.8 Å². The molecule has 4 atom stereocenters. The van der Waals surface area contributed by atoms with Crippen molar-refractivity contribution in [1.29, 1.82) is 0 Å². The Morgan fingerprint density at radius 3 is 2.71 bits per heavy atom. The average Bonchev–Trinajstić information content (AvgIpc) is 2.76. The third kappa shape index (κ3) is 3.70. The summed E-state index contributed by atoms with van der Waals surface area (Å²) in [6.07, 6.45) is 5.21. The standard InChI is InChI=1S/C14H25NO2/c1-10-3-4-13(7-11(10)2)17-14(16)8-12-5-6-15-9-12/h10-13,15H,3-9H2,1-2H3. The molecule has 0 amide bonds. The van der Waals surface area contributed by atoms with Crippen molar-refractivity contribution < 1.29 is 9.53 Å². The molecule has 1 aliphatic heterocycles. The Morgan fingerprint density at radius 2 is 2.06 bits per heavy atom. The second kappa shape index (κ2) is 5.85. The smallest absolute Gasteiger partial charge is 0.306 e. The number of carbonyl (C=O) groups is 1. The molecule has 2 fully saturated rings. The maximum absolute atomic E-state index is 11.8. The highest BCUT2D eigenvalue weighted by molar-refractivity contribution is 5.70. The maximum Gasteiger partial charge on any atom is 0.306 e. The van der Waals surface area contributed by atoms with E-state index in [1.807, 2.05) is 0 Å². The van der Waals surface area contributed by atoms with E-state index in [0.717, 1.165) is 38.3 Å². The molecule has 1 saturated heterocycles. The van der Waals surface area contributed by atoms with Gasteiger partial charge in [-0.3, -0.25) is 4.79 Å². The summed E-state index contributed by atoms with van der Waals surface area (Å²) in [6.45, 7) is 6.60. The summed E-state index contributed by atoms with van der Waals surface area (Å²) in [5.74, 6) is 1.99. The summed E-state index contributed by atoms with van der Waals surface area (Å²) in [7, 11) is 0. The van der Waals surface area contributed by atoms with Crippen LogP contribution in [0.1, 0.15) is 46.0 Å². The Hall–Kier alpha value is -0.570. The number of esters is 1. The highest BCUT2D eigenvalue weighted by Crippen LogP contribution is 2.31. The average molecular weight is 239 g/mol. The van der Waals surface area contributed by atoms with Crippen LogP contribution in [0.3, 0.4) is 0 Å². The molecule has 98 valence electrons. The zero-order valence-electron chi connectivity index (χ0n) is 11.1. The van der Waals surface area contributed by atoms with Crippen LogP contribution in [-0.4, -0.2) is 25.2 Å². The second-order valence-corrected chi connectivity index (χ2v) is 5.94. The Balaban J connectivity index is 1.71. The number of hydrogen-bond acceptors (Lipinski definition) is 3. The molecule has 4 unspecified atom stereocenters. The Morgan fingerprint density at radius 1 is 1.24 bits per heavy atom. The molecule has 1 heterocycles. The van der Waals surface area contributed by atoms with E-state index in [1.54, 1.807) is 0 Å². The van der Waals surface area contributed by atoms with Crippen LogP contribution < -0.4 is 5.32 Å². The van der Waals surface area contributed by atoms with E-state index in [4.69, 9.17) is 4.74 Å². The van der Waals surface area contributed by atoms with Crippen molar-refractivity contribution in [2.45, 2.75) is 52.1 Å². The van der Waals surface area contributed by atoms with Gasteiger partial charge in [-0.05, 0) is 56.5 Å². The summed E-state index contributed by atoms with van der Waals surface area (Å²) < 4.78 is 5.61. The molecule has 1 saturated carbocycles. The molecule has 2 aliphatic rings. The minimum Gasteiger partial charge on any atom is -0.462 e. The summed E-state index contributed by atoms with van der Waals surface area (Å²) in [5, 5.41) is 3.29. The lowest BCUT2D eigenvalue weighted by Crippen LogP contribution is -2.29. The number of rotatable bonds is 3. The van der Waals surface area contributed by atoms with Gasteiger partial charge in [0, 0.05) is 6.42 Å². The second-order valence-electron chi connectivity index (χ2n) is 5.94. The van der Waals surface area contributed by atoms with Crippen molar-refractivity contribution >= 4 is 5.97 Å². The van der Waals surface area contributed by atoms with Crippen molar-refractivity contribution in [3.05, 3.63) is 0 Å². The van der Waals surface area contributed by atoms with E-state index in [0.29, 0.717) is 18.3 Å². The van der Waals surface area contributed by atoms with Crippen molar-refractivity contribution in [2.75, 3.05) is 13.1 Å². The van der Waals surface area contributed by atoms with Crippen molar-refractivity contribution in [3.63, 3.8) is 0 Å². The first-order valence-electron chi connectivity index (χ1n) is 7.05. The Labute approximate surface area is 104 Å². The fourth-order valence-electron chi connectivity index (χ4n) is 2.96. The SMILES string of the molecule is CC1CCC(OC(=O)CC2CCNC2)CC1C. The molecule has 17 heavy (non-hydrogen) atoms. The molecule has 1 N–H and O–H groups in total. The van der Waals surface area contributed by atoms with Gasteiger partial charge in [-0.25, -0.2) is 0 Å². The van der Waals surface area contributed by atoms with Crippen LogP contribution >= 0.6 is 0 Å². The molecule has 0 spiro atoms. The van der Waals surface area contributed by atoms with Crippen LogP contribution in [0.2, 0.25) is 0 Å². The van der Waals surface area contributed by atoms with Gasteiger partial charge in [0.15, 0.2) is 0 Å². The lowest BCUT2D eigenvalue weighted by molar-refractivity contribution is -0.152. The molecule has 0 aromatic heterocycles. The highest BCUT2D eigenvalue weighted by Gasteiger charge is 2.28. The van der Waals surface area contributed by atoms with Gasteiger partial charge in [0.05, 0.1) is 0 Å². The molecule has 3 heteroatoms. The van der Waals surface area contributed by atoms with Crippen LogP contribution in [0.15, 0.2) is 0 Å². The summed E-state index contributed by atoms with van der Waals surface area (Å²) in [6, 6.07) is 0. The largest absolute Gasteiger partial charge is 0.462 e. The number of carbonyl (C=O) groups excluding carboxylic acids is 1. The van der Waals surface area contributed by atoms with Crippen LogP contribution in [0.4, 0.5) is 0 Å². The van der Waals surface area contributed by atoms with E-state index in [2.05, 4.69) is 19.2 Å². The zero-order valence-corrected chi connectivity index (χ0v) is 11.1. The van der Waals surface area contributed by atoms with Crippen LogP contribution in [0.25, 0.3) is 0 Å². The lowest BCUT2D eigenvalue weighted by atomic mass is 9.80. The molecular formula is C14H25NO2. The van der Waals surface area contributed by atoms with Crippen LogP contribution in [-0.2, 0) is 9.53 Å². The van der Waals surface area contributed by atoms with Crippen molar-refractivity contribution in [2.24, 2.45) is 17.8 Å². The number of nitrogens with one attached hydrogen (secondary N) is 1. The van der Waals surface area contributed by atoms with Gasteiger partial charge in [-0.15, -0.1) is 0 Å². The molecule has 0 aromatic carbocycles. The maximum atomic E-state index is 11.8.